The maximum Gasteiger partial charge on any atom is 0.191 e. The van der Waals surface area contributed by atoms with E-state index in [1.54, 1.807) is 0 Å². The van der Waals surface area contributed by atoms with Crippen molar-refractivity contribution in [1.29, 1.82) is 0 Å². The maximum atomic E-state index is 5.99. The van der Waals surface area contributed by atoms with Gasteiger partial charge in [0.05, 0.1) is 0 Å². The van der Waals surface area contributed by atoms with E-state index in [2.05, 4.69) is 51.4 Å². The molecule has 3 heteroatoms. The first-order valence-electron chi connectivity index (χ1n) is 5.91. The second-order valence-electron chi connectivity index (χ2n) is 5.23. The number of aliphatic imine (C=N–C) groups is 1. The predicted octanol–water partition coefficient (Wildman–Crippen LogP) is 2.32. The van der Waals surface area contributed by atoms with E-state index in [0.29, 0.717) is 23.8 Å². The van der Waals surface area contributed by atoms with Crippen molar-refractivity contribution in [1.82, 2.24) is 4.90 Å². The summed E-state index contributed by atoms with van der Waals surface area (Å²) < 4.78 is 0. The Morgan fingerprint density at radius 3 is 1.93 bits per heavy atom. The van der Waals surface area contributed by atoms with Crippen molar-refractivity contribution < 1.29 is 0 Å². The van der Waals surface area contributed by atoms with Gasteiger partial charge >= 0.3 is 0 Å². The summed E-state index contributed by atoms with van der Waals surface area (Å²) in [6, 6.07) is 0.420. The van der Waals surface area contributed by atoms with E-state index in [1.165, 1.54) is 0 Å². The first-order valence-corrected chi connectivity index (χ1v) is 5.91. The van der Waals surface area contributed by atoms with Gasteiger partial charge in [-0.15, -0.1) is 0 Å². The van der Waals surface area contributed by atoms with Gasteiger partial charge in [0.1, 0.15) is 0 Å². The van der Waals surface area contributed by atoms with Crippen LogP contribution in [0.4, 0.5) is 0 Å². The van der Waals surface area contributed by atoms with Crippen LogP contribution in [0.25, 0.3) is 0 Å². The maximum absolute atomic E-state index is 5.99. The molecule has 0 aliphatic rings. The van der Waals surface area contributed by atoms with Crippen LogP contribution in [0.5, 0.6) is 0 Å². The summed E-state index contributed by atoms with van der Waals surface area (Å²) in [6.45, 7) is 14.8. The van der Waals surface area contributed by atoms with E-state index in [4.69, 9.17) is 5.73 Å². The molecule has 0 unspecified atom stereocenters. The quantitative estimate of drug-likeness (QED) is 0.562. The summed E-state index contributed by atoms with van der Waals surface area (Å²) in [5.41, 5.74) is 5.99. The molecule has 0 aromatic heterocycles. The van der Waals surface area contributed by atoms with Crippen LogP contribution in [-0.2, 0) is 0 Å². The molecule has 0 spiro atoms. The van der Waals surface area contributed by atoms with Crippen molar-refractivity contribution in [2.45, 2.75) is 47.6 Å². The molecular weight excluding hydrogens is 186 g/mol. The summed E-state index contributed by atoms with van der Waals surface area (Å²) in [5.74, 6) is 1.87. The largest absolute Gasteiger partial charge is 0.370 e. The van der Waals surface area contributed by atoms with E-state index < -0.39 is 0 Å². The Bertz CT molecular complexity index is 195. The minimum Gasteiger partial charge on any atom is -0.370 e. The molecule has 15 heavy (non-hydrogen) atoms. The Morgan fingerprint density at radius 1 is 1.07 bits per heavy atom. The molecule has 0 heterocycles. The Balaban J connectivity index is 4.40. The van der Waals surface area contributed by atoms with E-state index >= 15 is 0 Å². The van der Waals surface area contributed by atoms with E-state index in [9.17, 15) is 0 Å². The molecule has 0 radical (unpaired) electrons. The van der Waals surface area contributed by atoms with Gasteiger partial charge in [-0.1, -0.05) is 27.7 Å². The fourth-order valence-electron chi connectivity index (χ4n) is 1.33. The zero-order valence-corrected chi connectivity index (χ0v) is 11.1. The van der Waals surface area contributed by atoms with Gasteiger partial charge in [0, 0.05) is 19.1 Å². The molecule has 0 fully saturated rings. The number of nitrogens with zero attached hydrogens (tertiary/aromatic N) is 2. The molecule has 0 saturated heterocycles. The molecule has 3 nitrogen and oxygen atoms in total. The molecule has 0 aromatic rings. The van der Waals surface area contributed by atoms with Crippen LogP contribution >= 0.6 is 0 Å². The third kappa shape index (κ3) is 6.37. The van der Waals surface area contributed by atoms with Gasteiger partial charge in [0.15, 0.2) is 5.96 Å². The minimum absolute atomic E-state index is 0.420. The Hall–Kier alpha value is -0.730. The molecule has 0 aliphatic carbocycles. The summed E-state index contributed by atoms with van der Waals surface area (Å²) >= 11 is 0. The van der Waals surface area contributed by atoms with E-state index in [-0.39, 0.29) is 0 Å². The summed E-state index contributed by atoms with van der Waals surface area (Å²) in [4.78, 5) is 6.59. The molecule has 90 valence electrons. The van der Waals surface area contributed by atoms with Gasteiger partial charge < -0.3 is 10.6 Å². The topological polar surface area (TPSA) is 41.6 Å². The molecule has 0 saturated carbocycles. The van der Waals surface area contributed by atoms with Crippen molar-refractivity contribution in [3.8, 4) is 0 Å². The second-order valence-corrected chi connectivity index (χ2v) is 5.23. The van der Waals surface area contributed by atoms with Crippen LogP contribution < -0.4 is 5.73 Å². The highest BCUT2D eigenvalue weighted by Crippen LogP contribution is 2.04. The molecule has 0 aliphatic heterocycles. The van der Waals surface area contributed by atoms with Gasteiger partial charge in [-0.3, -0.25) is 4.99 Å². The smallest absolute Gasteiger partial charge is 0.191 e. The second kappa shape index (κ2) is 6.70. The van der Waals surface area contributed by atoms with Gasteiger partial charge in [-0.2, -0.15) is 0 Å². The molecular formula is C12H27N3. The van der Waals surface area contributed by atoms with Crippen LogP contribution in [0.2, 0.25) is 0 Å². The van der Waals surface area contributed by atoms with Crippen LogP contribution in [0.1, 0.15) is 41.5 Å². The third-order valence-electron chi connectivity index (χ3n) is 2.10. The lowest BCUT2D eigenvalue weighted by Crippen LogP contribution is -2.44. The van der Waals surface area contributed by atoms with Crippen LogP contribution in [0.3, 0.4) is 0 Å². The zero-order valence-electron chi connectivity index (χ0n) is 11.1. The molecule has 0 aromatic carbocycles. The van der Waals surface area contributed by atoms with Gasteiger partial charge in [0.2, 0.25) is 0 Å². The average Bonchev–Trinajstić information content (AvgIpc) is 2.09. The molecule has 2 N–H and O–H groups in total. The summed E-state index contributed by atoms with van der Waals surface area (Å²) in [6.07, 6.45) is 0. The number of hydrogen-bond acceptors (Lipinski definition) is 1. The lowest BCUT2D eigenvalue weighted by molar-refractivity contribution is 0.306. The first kappa shape index (κ1) is 14.3. The van der Waals surface area contributed by atoms with Gasteiger partial charge in [-0.25, -0.2) is 0 Å². The number of rotatable bonds is 5. The SMILES string of the molecule is CC(C)CN=C(N)N(CC(C)C)C(C)C. The van der Waals surface area contributed by atoms with Crippen molar-refractivity contribution in [3.63, 3.8) is 0 Å². The zero-order chi connectivity index (χ0) is 12.0. The summed E-state index contributed by atoms with van der Waals surface area (Å²) in [5, 5.41) is 0. The van der Waals surface area contributed by atoms with Gasteiger partial charge in [-0.05, 0) is 25.7 Å². The molecule has 0 amide bonds. The highest BCUT2D eigenvalue weighted by molar-refractivity contribution is 5.78. The van der Waals surface area contributed by atoms with Crippen LogP contribution in [0, 0.1) is 11.8 Å². The minimum atomic E-state index is 0.420. The number of hydrogen-bond donors (Lipinski definition) is 1. The summed E-state index contributed by atoms with van der Waals surface area (Å²) in [7, 11) is 0. The highest BCUT2D eigenvalue weighted by Gasteiger charge is 2.13. The Kier molecular flexibility index (Phi) is 6.37. The number of guanidine groups is 1. The fraction of sp³-hybridized carbons (Fsp3) is 0.917. The number of nitrogens with two attached hydrogens (primary N) is 1. The lowest BCUT2D eigenvalue weighted by Gasteiger charge is -2.29. The van der Waals surface area contributed by atoms with Crippen molar-refractivity contribution in [2.24, 2.45) is 22.6 Å². The fourth-order valence-corrected chi connectivity index (χ4v) is 1.33. The predicted molar refractivity (Wildman–Crippen MR) is 68.0 cm³/mol. The standard InChI is InChI=1S/C12H27N3/c1-9(2)7-14-12(13)15(11(5)6)8-10(3)4/h9-11H,7-8H2,1-6H3,(H2,13,14). The van der Waals surface area contributed by atoms with E-state index in [0.717, 1.165) is 13.1 Å². The molecule has 0 bridgehead atoms. The van der Waals surface area contributed by atoms with Crippen molar-refractivity contribution in [2.75, 3.05) is 13.1 Å². The van der Waals surface area contributed by atoms with Crippen LogP contribution in [0.15, 0.2) is 4.99 Å². The Labute approximate surface area is 94.7 Å². The van der Waals surface area contributed by atoms with E-state index in [1.807, 2.05) is 0 Å². The highest BCUT2D eigenvalue weighted by atomic mass is 15.3. The van der Waals surface area contributed by atoms with Gasteiger partial charge in [0.25, 0.3) is 0 Å². The monoisotopic (exact) mass is 213 g/mol. The average molecular weight is 213 g/mol. The normalized spacial score (nSPS) is 13.0. The first-order chi connectivity index (χ1) is 6.84. The van der Waals surface area contributed by atoms with Crippen LogP contribution in [-0.4, -0.2) is 30.0 Å². The lowest BCUT2D eigenvalue weighted by atomic mass is 10.2. The third-order valence-corrected chi connectivity index (χ3v) is 2.10. The van der Waals surface area contributed by atoms with Crippen molar-refractivity contribution >= 4 is 5.96 Å². The van der Waals surface area contributed by atoms with Crippen molar-refractivity contribution in [3.05, 3.63) is 0 Å². The Morgan fingerprint density at radius 2 is 1.60 bits per heavy atom. The molecule has 0 rings (SSSR count). The molecule has 0 atom stereocenters.